The summed E-state index contributed by atoms with van der Waals surface area (Å²) in [4.78, 5) is 12.7. The first-order valence-corrected chi connectivity index (χ1v) is 11.0. The second-order valence-electron chi connectivity index (χ2n) is 7.16. The predicted octanol–water partition coefficient (Wildman–Crippen LogP) is 4.33. The van der Waals surface area contributed by atoms with Crippen LogP contribution in [0.3, 0.4) is 0 Å². The van der Waals surface area contributed by atoms with E-state index < -0.39 is 10.0 Å². The zero-order chi connectivity index (χ0) is 19.6. The standard InChI is InChI=1S/C20H23ClN2O3S/c1-14(2)11-15-5-3-6-16(12-15)22-20(24)18-13-17(7-8-19(18)21)23-9-4-10-27(23,25)26/h3,5-8,12-14H,4,9-11H2,1-2H3,(H,22,24). The van der Waals surface area contributed by atoms with Gasteiger partial charge in [-0.1, -0.05) is 37.6 Å². The lowest BCUT2D eigenvalue weighted by molar-refractivity contribution is 0.102. The highest BCUT2D eigenvalue weighted by Gasteiger charge is 2.29. The molecular formula is C20H23ClN2O3S. The number of rotatable bonds is 5. The molecule has 0 aromatic heterocycles. The highest BCUT2D eigenvalue weighted by molar-refractivity contribution is 7.93. The van der Waals surface area contributed by atoms with Crippen molar-refractivity contribution in [1.29, 1.82) is 0 Å². The number of hydrogen-bond donors (Lipinski definition) is 1. The third-order valence-electron chi connectivity index (χ3n) is 4.41. The molecule has 1 amide bonds. The fourth-order valence-electron chi connectivity index (χ4n) is 3.22. The lowest BCUT2D eigenvalue weighted by Crippen LogP contribution is -2.25. The minimum Gasteiger partial charge on any atom is -0.322 e. The summed E-state index contributed by atoms with van der Waals surface area (Å²) in [5.41, 5.74) is 2.56. The SMILES string of the molecule is CC(C)Cc1cccc(NC(=O)c2cc(N3CCCS3(=O)=O)ccc2Cl)c1. The van der Waals surface area contributed by atoms with Gasteiger partial charge in [-0.25, -0.2) is 8.42 Å². The van der Waals surface area contributed by atoms with Gasteiger partial charge in [0.2, 0.25) is 10.0 Å². The van der Waals surface area contributed by atoms with Gasteiger partial charge in [-0.3, -0.25) is 9.10 Å². The number of amides is 1. The number of benzene rings is 2. The molecule has 0 bridgehead atoms. The Kier molecular flexibility index (Phi) is 5.77. The number of halogens is 1. The van der Waals surface area contributed by atoms with Crippen molar-refractivity contribution in [1.82, 2.24) is 0 Å². The molecule has 5 nitrogen and oxygen atoms in total. The summed E-state index contributed by atoms with van der Waals surface area (Å²) in [7, 11) is -3.31. The van der Waals surface area contributed by atoms with E-state index in [0.717, 1.165) is 12.0 Å². The van der Waals surface area contributed by atoms with Crippen molar-refractivity contribution in [2.75, 3.05) is 21.9 Å². The van der Waals surface area contributed by atoms with E-state index in [1.165, 1.54) is 4.31 Å². The summed E-state index contributed by atoms with van der Waals surface area (Å²) >= 11 is 6.21. The average molecular weight is 407 g/mol. The fraction of sp³-hybridized carbons (Fsp3) is 0.350. The van der Waals surface area contributed by atoms with E-state index in [9.17, 15) is 13.2 Å². The minimum atomic E-state index is -3.31. The Morgan fingerprint density at radius 1 is 1.22 bits per heavy atom. The zero-order valence-corrected chi connectivity index (χ0v) is 17.0. The largest absolute Gasteiger partial charge is 0.322 e. The number of carbonyl (C=O) groups is 1. The van der Waals surface area contributed by atoms with E-state index in [1.807, 2.05) is 24.3 Å². The summed E-state index contributed by atoms with van der Waals surface area (Å²) in [6.45, 7) is 4.70. The summed E-state index contributed by atoms with van der Waals surface area (Å²) in [5, 5.41) is 3.14. The van der Waals surface area contributed by atoms with Crippen molar-refractivity contribution < 1.29 is 13.2 Å². The third kappa shape index (κ3) is 4.62. The molecule has 0 saturated carbocycles. The maximum absolute atomic E-state index is 12.7. The number of anilines is 2. The van der Waals surface area contributed by atoms with Crippen molar-refractivity contribution in [3.05, 3.63) is 58.6 Å². The van der Waals surface area contributed by atoms with Gasteiger partial charge in [0.05, 0.1) is 22.0 Å². The number of carbonyl (C=O) groups excluding carboxylic acids is 1. The van der Waals surface area contributed by atoms with Crippen LogP contribution in [-0.2, 0) is 16.4 Å². The van der Waals surface area contributed by atoms with Crippen molar-refractivity contribution in [2.24, 2.45) is 5.92 Å². The average Bonchev–Trinajstić information content (AvgIpc) is 2.94. The quantitative estimate of drug-likeness (QED) is 0.803. The monoisotopic (exact) mass is 406 g/mol. The summed E-state index contributed by atoms with van der Waals surface area (Å²) < 4.78 is 25.6. The van der Waals surface area contributed by atoms with E-state index in [0.29, 0.717) is 30.3 Å². The Labute approximate surface area is 165 Å². The van der Waals surface area contributed by atoms with Crippen LogP contribution in [0.5, 0.6) is 0 Å². The first-order valence-electron chi connectivity index (χ1n) is 8.96. The van der Waals surface area contributed by atoms with Crippen LogP contribution in [0.1, 0.15) is 36.2 Å². The highest BCUT2D eigenvalue weighted by atomic mass is 35.5. The highest BCUT2D eigenvalue weighted by Crippen LogP contribution is 2.29. The van der Waals surface area contributed by atoms with Gasteiger partial charge in [0.25, 0.3) is 5.91 Å². The molecule has 1 aliphatic rings. The lowest BCUT2D eigenvalue weighted by Gasteiger charge is -2.18. The Morgan fingerprint density at radius 3 is 2.67 bits per heavy atom. The van der Waals surface area contributed by atoms with E-state index in [4.69, 9.17) is 11.6 Å². The second-order valence-corrected chi connectivity index (χ2v) is 9.58. The van der Waals surface area contributed by atoms with Gasteiger partial charge in [-0.05, 0) is 54.7 Å². The summed E-state index contributed by atoms with van der Waals surface area (Å²) in [6, 6.07) is 12.4. The Hall–Kier alpha value is -2.05. The van der Waals surface area contributed by atoms with Crippen LogP contribution in [0, 0.1) is 5.92 Å². The van der Waals surface area contributed by atoms with E-state index in [1.54, 1.807) is 18.2 Å². The summed E-state index contributed by atoms with van der Waals surface area (Å²) in [6.07, 6.45) is 1.50. The van der Waals surface area contributed by atoms with Crippen molar-refractivity contribution in [3.63, 3.8) is 0 Å². The molecule has 144 valence electrons. The number of sulfonamides is 1. The maximum atomic E-state index is 12.7. The Bertz CT molecular complexity index is 957. The van der Waals surface area contributed by atoms with Crippen molar-refractivity contribution in [3.8, 4) is 0 Å². The lowest BCUT2D eigenvalue weighted by atomic mass is 10.0. The molecule has 0 unspecified atom stereocenters. The van der Waals surface area contributed by atoms with Crippen molar-refractivity contribution in [2.45, 2.75) is 26.7 Å². The van der Waals surface area contributed by atoms with E-state index in [2.05, 4.69) is 19.2 Å². The molecule has 2 aromatic rings. The molecule has 3 rings (SSSR count). The molecule has 7 heteroatoms. The van der Waals surface area contributed by atoms with E-state index >= 15 is 0 Å². The molecule has 1 heterocycles. The predicted molar refractivity (Wildman–Crippen MR) is 110 cm³/mol. The number of nitrogens with zero attached hydrogens (tertiary/aromatic N) is 1. The molecular weight excluding hydrogens is 384 g/mol. The van der Waals surface area contributed by atoms with Crippen LogP contribution in [0.2, 0.25) is 5.02 Å². The normalized spacial score (nSPS) is 15.9. The molecule has 1 fully saturated rings. The summed E-state index contributed by atoms with van der Waals surface area (Å²) in [5.74, 6) is 0.282. The maximum Gasteiger partial charge on any atom is 0.257 e. The number of nitrogens with one attached hydrogen (secondary N) is 1. The molecule has 0 spiro atoms. The van der Waals surface area contributed by atoms with Gasteiger partial charge in [0, 0.05) is 12.2 Å². The molecule has 1 N–H and O–H groups in total. The number of hydrogen-bond acceptors (Lipinski definition) is 3. The zero-order valence-electron chi connectivity index (χ0n) is 15.4. The Balaban J connectivity index is 1.84. The van der Waals surface area contributed by atoms with Crippen LogP contribution in [-0.4, -0.2) is 26.6 Å². The third-order valence-corrected chi connectivity index (χ3v) is 6.61. The first-order chi connectivity index (χ1) is 12.8. The molecule has 0 radical (unpaired) electrons. The van der Waals surface area contributed by atoms with Gasteiger partial charge >= 0.3 is 0 Å². The van der Waals surface area contributed by atoms with Crippen molar-refractivity contribution >= 4 is 38.9 Å². The van der Waals surface area contributed by atoms with Gasteiger partial charge in [0.15, 0.2) is 0 Å². The minimum absolute atomic E-state index is 0.125. The smallest absolute Gasteiger partial charge is 0.257 e. The van der Waals surface area contributed by atoms with Crippen LogP contribution >= 0.6 is 11.6 Å². The Morgan fingerprint density at radius 2 is 2.00 bits per heavy atom. The molecule has 0 aliphatic carbocycles. The van der Waals surface area contributed by atoms with Crippen LogP contribution in [0.25, 0.3) is 0 Å². The second kappa shape index (κ2) is 7.90. The molecule has 27 heavy (non-hydrogen) atoms. The first kappa shape index (κ1) is 19.7. The molecule has 1 aliphatic heterocycles. The van der Waals surface area contributed by atoms with Gasteiger partial charge in [-0.2, -0.15) is 0 Å². The molecule has 1 saturated heterocycles. The van der Waals surface area contributed by atoms with Gasteiger partial charge in [-0.15, -0.1) is 0 Å². The topological polar surface area (TPSA) is 66.5 Å². The fourth-order valence-corrected chi connectivity index (χ4v) is 4.98. The molecule has 0 atom stereocenters. The van der Waals surface area contributed by atoms with Gasteiger partial charge < -0.3 is 5.32 Å². The van der Waals surface area contributed by atoms with E-state index in [-0.39, 0.29) is 22.2 Å². The van der Waals surface area contributed by atoms with Crippen LogP contribution in [0.15, 0.2) is 42.5 Å². The van der Waals surface area contributed by atoms with Crippen LogP contribution in [0.4, 0.5) is 11.4 Å². The van der Waals surface area contributed by atoms with Crippen LogP contribution < -0.4 is 9.62 Å². The molecule has 2 aromatic carbocycles. The van der Waals surface area contributed by atoms with Gasteiger partial charge in [0.1, 0.15) is 0 Å².